The van der Waals surface area contributed by atoms with E-state index in [1.807, 2.05) is 0 Å². The van der Waals surface area contributed by atoms with E-state index in [1.165, 1.54) is 12.1 Å². The first-order valence-electron chi connectivity index (χ1n) is 14.9. The lowest BCUT2D eigenvalue weighted by Crippen LogP contribution is -2.19. The van der Waals surface area contributed by atoms with Crippen LogP contribution in [0.25, 0.3) is 10.8 Å². The van der Waals surface area contributed by atoms with Crippen molar-refractivity contribution < 1.29 is 90.3 Å². The minimum absolute atomic E-state index is 0.000145. The summed E-state index contributed by atoms with van der Waals surface area (Å²) >= 11 is 0. The second-order valence-corrected chi connectivity index (χ2v) is 20.4. The number of sulfone groups is 2. The molecule has 32 heteroatoms. The molecule has 0 aliphatic rings. The van der Waals surface area contributed by atoms with Gasteiger partial charge in [-0.05, 0) is 66.0 Å². The van der Waals surface area contributed by atoms with Gasteiger partial charge in [-0.2, -0.15) is 52.0 Å². The molecular formula is C27H28F3N5O18S6. The van der Waals surface area contributed by atoms with Crippen LogP contribution in [0.15, 0.2) is 90.5 Å². The van der Waals surface area contributed by atoms with Crippen LogP contribution < -0.4 is 17.2 Å². The van der Waals surface area contributed by atoms with E-state index in [1.54, 1.807) is 0 Å². The van der Waals surface area contributed by atoms with Gasteiger partial charge in [0.1, 0.15) is 15.5 Å². The molecule has 0 radical (unpaired) electrons. The Balaban J connectivity index is 0.000000375. The summed E-state index contributed by atoms with van der Waals surface area (Å²) in [6, 6.07) is 9.33. The van der Waals surface area contributed by atoms with Crippen LogP contribution in [0.2, 0.25) is 0 Å². The molecule has 0 heterocycles. The van der Waals surface area contributed by atoms with Crippen LogP contribution in [0.1, 0.15) is 5.56 Å². The average molecular weight is 960 g/mol. The number of nitrogens with two attached hydrogens (primary N) is 3. The fraction of sp³-hybridized carbons (Fsp3) is 0.185. The fourth-order valence-corrected chi connectivity index (χ4v) is 9.05. The highest BCUT2D eigenvalue weighted by Crippen LogP contribution is 2.41. The highest BCUT2D eigenvalue weighted by molar-refractivity contribution is 7.91. The van der Waals surface area contributed by atoms with Crippen molar-refractivity contribution in [3.8, 4) is 0 Å². The smallest absolute Gasteiger partial charge is 0.399 e. The standard InChI is InChI=1S/C18H18N4O12S4.C9H10F3NO6S2/c19-14-9-13-10(7-15(14)36(25,26)27)8-16(37(28,29)30)18(17(13)20)22-21-11-1-3-12(4-2-11)35(23,24)6-5-34-38(31,32)33;10-9(11,12)7-5-6(13)1-2-8(7)20(14,15)4-3-19-21(16,17)18/h1-4,7-9H,5-6,19-20H2,(H,25,26,27)(H,28,29,30)(H,31,32,33);1-2,5H,3-4,13H2,(H,16,17,18). The Hall–Kier alpha value is -4.61. The minimum atomic E-state index is -4.98. The maximum Gasteiger partial charge on any atom is 0.417 e. The van der Waals surface area contributed by atoms with Crippen molar-refractivity contribution in [3.05, 3.63) is 66.2 Å². The summed E-state index contributed by atoms with van der Waals surface area (Å²) in [5, 5.41) is 7.43. The fourth-order valence-electron chi connectivity index (χ4n) is 4.55. The zero-order valence-corrected chi connectivity index (χ0v) is 33.7. The zero-order chi connectivity index (χ0) is 45.2. The Morgan fingerprint density at radius 2 is 1.08 bits per heavy atom. The molecule has 23 nitrogen and oxygen atoms in total. The quantitative estimate of drug-likeness (QED) is 0.0542. The molecule has 4 aromatic carbocycles. The van der Waals surface area contributed by atoms with Crippen molar-refractivity contribution in [2.45, 2.75) is 25.8 Å². The molecule has 0 aromatic heterocycles. The summed E-state index contributed by atoms with van der Waals surface area (Å²) in [5.41, 5.74) is 13.8. The van der Waals surface area contributed by atoms with E-state index in [-0.39, 0.29) is 32.7 Å². The molecule has 0 saturated heterocycles. The second kappa shape index (κ2) is 17.5. The lowest BCUT2D eigenvalue weighted by Gasteiger charge is -2.13. The summed E-state index contributed by atoms with van der Waals surface area (Å²) < 4.78 is 219. The summed E-state index contributed by atoms with van der Waals surface area (Å²) in [4.78, 5) is -2.89. The summed E-state index contributed by atoms with van der Waals surface area (Å²) in [6.07, 6.45) is -4.96. The molecule has 0 unspecified atom stereocenters. The third-order valence-electron chi connectivity index (χ3n) is 7.08. The molecule has 59 heavy (non-hydrogen) atoms. The molecule has 4 rings (SSSR count). The zero-order valence-electron chi connectivity index (χ0n) is 28.8. The van der Waals surface area contributed by atoms with E-state index in [4.69, 9.17) is 26.3 Å². The summed E-state index contributed by atoms with van der Waals surface area (Å²) in [5.74, 6) is -1.85. The van der Waals surface area contributed by atoms with Gasteiger partial charge in [0.25, 0.3) is 20.2 Å². The Morgan fingerprint density at radius 3 is 1.56 bits per heavy atom. The molecule has 4 aromatic rings. The van der Waals surface area contributed by atoms with Gasteiger partial charge in [-0.3, -0.25) is 18.2 Å². The molecule has 0 saturated carbocycles. The number of fused-ring (bicyclic) bond motifs is 1. The van der Waals surface area contributed by atoms with Crippen molar-refractivity contribution in [2.24, 2.45) is 10.2 Å². The van der Waals surface area contributed by atoms with E-state index in [0.717, 1.165) is 36.4 Å². The first-order valence-corrected chi connectivity index (χ1v) is 23.8. The number of hydrogen-bond acceptors (Lipinski definition) is 19. The van der Waals surface area contributed by atoms with Gasteiger partial charge in [-0.1, -0.05) is 0 Å². The SMILES string of the molecule is Nc1cc2c(N)c(N=Nc3ccc(S(=O)(=O)CCOS(=O)(=O)O)cc3)c(S(=O)(=O)O)cc2cc1S(=O)(=O)O.Nc1ccc(S(=O)(=O)CCOS(=O)(=O)O)c(C(F)(F)F)c1. The van der Waals surface area contributed by atoms with Crippen molar-refractivity contribution in [1.29, 1.82) is 0 Å². The highest BCUT2D eigenvalue weighted by atomic mass is 32.3. The maximum atomic E-state index is 12.8. The van der Waals surface area contributed by atoms with Crippen LogP contribution in [0.3, 0.4) is 0 Å². The number of anilines is 3. The first kappa shape index (κ1) is 48.8. The molecule has 326 valence electrons. The Morgan fingerprint density at radius 1 is 0.593 bits per heavy atom. The lowest BCUT2D eigenvalue weighted by atomic mass is 10.1. The molecule has 0 spiro atoms. The van der Waals surface area contributed by atoms with Gasteiger partial charge in [0.2, 0.25) is 0 Å². The molecule has 0 aliphatic heterocycles. The number of halogens is 3. The molecular weight excluding hydrogens is 932 g/mol. The predicted molar refractivity (Wildman–Crippen MR) is 198 cm³/mol. The van der Waals surface area contributed by atoms with E-state index in [9.17, 15) is 72.8 Å². The monoisotopic (exact) mass is 959 g/mol. The van der Waals surface area contributed by atoms with Crippen LogP contribution in [0, 0.1) is 0 Å². The number of nitrogen functional groups attached to an aromatic ring is 3. The van der Waals surface area contributed by atoms with E-state index in [2.05, 4.69) is 18.6 Å². The topological polar surface area (TPSA) is 407 Å². The number of hydrogen-bond donors (Lipinski definition) is 7. The Labute approximate surface area is 332 Å². The first-order chi connectivity index (χ1) is 26.6. The molecule has 0 atom stereocenters. The van der Waals surface area contributed by atoms with Gasteiger partial charge < -0.3 is 17.2 Å². The van der Waals surface area contributed by atoms with Crippen molar-refractivity contribution in [2.75, 3.05) is 41.9 Å². The van der Waals surface area contributed by atoms with Crippen molar-refractivity contribution in [1.82, 2.24) is 0 Å². The van der Waals surface area contributed by atoms with Gasteiger partial charge in [-0.25, -0.2) is 25.2 Å². The number of benzene rings is 4. The highest BCUT2D eigenvalue weighted by Gasteiger charge is 2.37. The van der Waals surface area contributed by atoms with Gasteiger partial charge in [0, 0.05) is 11.1 Å². The van der Waals surface area contributed by atoms with E-state index < -0.39 is 123 Å². The molecule has 0 amide bonds. The number of alkyl halides is 3. The van der Waals surface area contributed by atoms with E-state index in [0.29, 0.717) is 12.1 Å². The molecule has 0 fully saturated rings. The van der Waals surface area contributed by atoms with Crippen LogP contribution >= 0.6 is 0 Å². The number of nitrogens with zero attached hydrogens (tertiary/aromatic N) is 2. The van der Waals surface area contributed by atoms with Gasteiger partial charge in [-0.15, -0.1) is 5.11 Å². The average Bonchev–Trinajstić information content (AvgIpc) is 3.05. The molecule has 10 N–H and O–H groups in total. The van der Waals surface area contributed by atoms with Crippen LogP contribution in [0.5, 0.6) is 0 Å². The van der Waals surface area contributed by atoms with E-state index >= 15 is 0 Å². The lowest BCUT2D eigenvalue weighted by molar-refractivity contribution is -0.139. The molecule has 0 bridgehead atoms. The third-order valence-corrected chi connectivity index (χ3v) is 13.2. The normalized spacial score (nSPS) is 13.3. The third kappa shape index (κ3) is 13.7. The number of azo groups is 1. The Kier molecular flexibility index (Phi) is 14.5. The summed E-state index contributed by atoms with van der Waals surface area (Å²) in [6.45, 7) is -1.86. The largest absolute Gasteiger partial charge is 0.417 e. The van der Waals surface area contributed by atoms with Crippen molar-refractivity contribution in [3.63, 3.8) is 0 Å². The van der Waals surface area contributed by atoms with Crippen LogP contribution in [-0.2, 0) is 75.3 Å². The van der Waals surface area contributed by atoms with Gasteiger partial charge in [0.05, 0.1) is 57.1 Å². The maximum absolute atomic E-state index is 12.8. The summed E-state index contributed by atoms with van der Waals surface area (Å²) in [7, 11) is -28.0. The number of rotatable bonds is 14. The molecule has 0 aliphatic carbocycles. The van der Waals surface area contributed by atoms with Crippen molar-refractivity contribution >= 4 is 99.9 Å². The van der Waals surface area contributed by atoms with Gasteiger partial charge >= 0.3 is 27.0 Å². The minimum Gasteiger partial charge on any atom is -0.399 e. The van der Waals surface area contributed by atoms with Crippen LogP contribution in [0.4, 0.5) is 41.6 Å². The van der Waals surface area contributed by atoms with Crippen LogP contribution in [-0.4, -0.2) is 93.4 Å². The van der Waals surface area contributed by atoms with Gasteiger partial charge in [0.15, 0.2) is 19.7 Å². The second-order valence-electron chi connectivity index (χ2n) is 11.3. The Bertz CT molecular complexity index is 2980. The predicted octanol–water partition coefficient (Wildman–Crippen LogP) is 2.39.